The molecule has 0 bridgehead atoms. The highest BCUT2D eigenvalue weighted by Gasteiger charge is 2.25. The van der Waals surface area contributed by atoms with E-state index in [1.165, 1.54) is 0 Å². The summed E-state index contributed by atoms with van der Waals surface area (Å²) < 4.78 is 7.16. The zero-order valence-electron chi connectivity index (χ0n) is 13.7. The number of aliphatic hydroxyl groups is 1. The van der Waals surface area contributed by atoms with E-state index in [2.05, 4.69) is 20.7 Å². The second kappa shape index (κ2) is 8.38. The van der Waals surface area contributed by atoms with Crippen molar-refractivity contribution >= 4 is 5.96 Å². The molecule has 0 aromatic carbocycles. The van der Waals surface area contributed by atoms with Crippen LogP contribution in [0.25, 0.3) is 0 Å². The van der Waals surface area contributed by atoms with E-state index in [1.54, 1.807) is 31.5 Å². The van der Waals surface area contributed by atoms with E-state index in [4.69, 9.17) is 4.42 Å². The molecule has 0 saturated heterocycles. The Balaban J connectivity index is 1.82. The average molecular weight is 319 g/mol. The number of guanidine groups is 1. The molecule has 0 aliphatic heterocycles. The van der Waals surface area contributed by atoms with Gasteiger partial charge in [-0.25, -0.2) is 4.99 Å². The van der Waals surface area contributed by atoms with Crippen LogP contribution in [0.1, 0.15) is 26.0 Å². The van der Waals surface area contributed by atoms with Gasteiger partial charge in [0.1, 0.15) is 11.4 Å². The first kappa shape index (κ1) is 17.1. The largest absolute Gasteiger partial charge is 0.466 e. The molecule has 126 valence electrons. The van der Waals surface area contributed by atoms with Gasteiger partial charge in [-0.2, -0.15) is 5.10 Å². The molecule has 1 unspecified atom stereocenters. The molecule has 3 N–H and O–H groups in total. The summed E-state index contributed by atoms with van der Waals surface area (Å²) in [7, 11) is 0. The summed E-state index contributed by atoms with van der Waals surface area (Å²) in [6.45, 7) is 6.29. The Hall–Kier alpha value is -2.28. The molecule has 7 heteroatoms. The first-order valence-corrected chi connectivity index (χ1v) is 7.88. The van der Waals surface area contributed by atoms with Crippen molar-refractivity contribution in [2.45, 2.75) is 32.4 Å². The summed E-state index contributed by atoms with van der Waals surface area (Å²) in [6, 6.07) is 5.42. The Morgan fingerprint density at radius 1 is 1.43 bits per heavy atom. The fraction of sp³-hybridized carbons (Fsp3) is 0.500. The summed E-state index contributed by atoms with van der Waals surface area (Å²) in [5.41, 5.74) is -1.12. The van der Waals surface area contributed by atoms with Gasteiger partial charge in [0.25, 0.3) is 0 Å². The lowest BCUT2D eigenvalue weighted by Gasteiger charge is -2.19. The summed E-state index contributed by atoms with van der Waals surface area (Å²) in [5.74, 6) is 1.19. The Labute approximate surface area is 136 Å². The van der Waals surface area contributed by atoms with Gasteiger partial charge in [0, 0.05) is 32.0 Å². The standard InChI is InChI=1S/C16H25N5O2/c1-3-17-15(18-8-5-10-21-11-6-9-20-21)19-13-16(2,22)14-7-4-12-23-14/h4,6-7,9,11-12,22H,3,5,8,10,13H2,1-2H3,(H2,17,18,19). The number of nitrogens with one attached hydrogen (secondary N) is 2. The van der Waals surface area contributed by atoms with Crippen LogP contribution in [-0.4, -0.2) is 40.5 Å². The Morgan fingerprint density at radius 3 is 2.96 bits per heavy atom. The molecule has 0 aliphatic rings. The lowest BCUT2D eigenvalue weighted by Crippen LogP contribution is -2.39. The van der Waals surface area contributed by atoms with Gasteiger partial charge in [-0.3, -0.25) is 4.68 Å². The molecular weight excluding hydrogens is 294 g/mol. The number of furan rings is 1. The van der Waals surface area contributed by atoms with Crippen LogP contribution >= 0.6 is 0 Å². The number of rotatable bonds is 8. The highest BCUT2D eigenvalue weighted by atomic mass is 16.4. The number of aliphatic imine (C=N–C) groups is 1. The van der Waals surface area contributed by atoms with Crippen molar-refractivity contribution in [1.29, 1.82) is 0 Å². The Morgan fingerprint density at radius 2 is 2.30 bits per heavy atom. The first-order valence-electron chi connectivity index (χ1n) is 7.88. The highest BCUT2D eigenvalue weighted by Crippen LogP contribution is 2.20. The second-order valence-corrected chi connectivity index (χ2v) is 5.50. The predicted octanol–water partition coefficient (Wildman–Crippen LogP) is 1.33. The van der Waals surface area contributed by atoms with Crippen molar-refractivity contribution in [3.63, 3.8) is 0 Å². The molecule has 7 nitrogen and oxygen atoms in total. The van der Waals surface area contributed by atoms with Gasteiger partial charge in [0.05, 0.1) is 12.8 Å². The molecule has 0 spiro atoms. The third kappa shape index (κ3) is 5.45. The van der Waals surface area contributed by atoms with Crippen LogP contribution in [0, 0.1) is 0 Å². The SMILES string of the molecule is CCNC(=NCC(C)(O)c1ccco1)NCCCn1cccn1. The summed E-state index contributed by atoms with van der Waals surface area (Å²) >= 11 is 0. The summed E-state index contributed by atoms with van der Waals surface area (Å²) in [5, 5.41) is 21.0. The minimum absolute atomic E-state index is 0.217. The average Bonchev–Trinajstić information content (AvgIpc) is 3.22. The number of hydrogen-bond acceptors (Lipinski definition) is 4. The van der Waals surface area contributed by atoms with E-state index in [0.717, 1.165) is 26.1 Å². The van der Waals surface area contributed by atoms with Crippen molar-refractivity contribution in [2.75, 3.05) is 19.6 Å². The maximum absolute atomic E-state index is 10.4. The molecule has 2 rings (SSSR count). The molecule has 0 radical (unpaired) electrons. The molecule has 0 fully saturated rings. The van der Waals surface area contributed by atoms with Gasteiger partial charge in [0.15, 0.2) is 5.96 Å². The van der Waals surface area contributed by atoms with Gasteiger partial charge >= 0.3 is 0 Å². The van der Waals surface area contributed by atoms with Crippen molar-refractivity contribution in [3.05, 3.63) is 42.6 Å². The van der Waals surface area contributed by atoms with E-state index in [1.807, 2.05) is 23.9 Å². The van der Waals surface area contributed by atoms with Crippen LogP contribution in [-0.2, 0) is 12.1 Å². The third-order valence-electron chi connectivity index (χ3n) is 3.36. The number of aromatic nitrogens is 2. The number of aryl methyl sites for hydroxylation is 1. The molecule has 0 saturated carbocycles. The lowest BCUT2D eigenvalue weighted by atomic mass is 10.0. The topological polar surface area (TPSA) is 87.6 Å². The van der Waals surface area contributed by atoms with Crippen LogP contribution in [0.15, 0.2) is 46.3 Å². The lowest BCUT2D eigenvalue weighted by molar-refractivity contribution is 0.0437. The molecule has 0 amide bonds. The minimum atomic E-state index is -1.12. The van der Waals surface area contributed by atoms with Gasteiger partial charge in [-0.05, 0) is 38.5 Å². The highest BCUT2D eigenvalue weighted by molar-refractivity contribution is 5.79. The predicted molar refractivity (Wildman–Crippen MR) is 89.1 cm³/mol. The second-order valence-electron chi connectivity index (χ2n) is 5.50. The normalized spacial score (nSPS) is 14.5. The van der Waals surface area contributed by atoms with Gasteiger partial charge < -0.3 is 20.2 Å². The molecule has 2 aromatic rings. The van der Waals surface area contributed by atoms with Crippen molar-refractivity contribution in [3.8, 4) is 0 Å². The fourth-order valence-electron chi connectivity index (χ4n) is 2.12. The molecular formula is C16H25N5O2. The van der Waals surface area contributed by atoms with Crippen LogP contribution in [0.2, 0.25) is 0 Å². The van der Waals surface area contributed by atoms with Crippen molar-refractivity contribution < 1.29 is 9.52 Å². The first-order chi connectivity index (χ1) is 11.1. The van der Waals surface area contributed by atoms with Gasteiger partial charge in [-0.15, -0.1) is 0 Å². The summed E-state index contributed by atoms with van der Waals surface area (Å²) in [6.07, 6.45) is 6.20. The van der Waals surface area contributed by atoms with Crippen molar-refractivity contribution in [2.24, 2.45) is 4.99 Å². The van der Waals surface area contributed by atoms with E-state index in [0.29, 0.717) is 11.7 Å². The maximum atomic E-state index is 10.4. The molecule has 23 heavy (non-hydrogen) atoms. The van der Waals surface area contributed by atoms with E-state index in [9.17, 15) is 5.11 Å². The van der Waals surface area contributed by atoms with Crippen LogP contribution < -0.4 is 10.6 Å². The van der Waals surface area contributed by atoms with Crippen LogP contribution in [0.4, 0.5) is 0 Å². The van der Waals surface area contributed by atoms with Gasteiger partial charge in [-0.1, -0.05) is 0 Å². The van der Waals surface area contributed by atoms with Gasteiger partial charge in [0.2, 0.25) is 0 Å². The number of nitrogens with zero attached hydrogens (tertiary/aromatic N) is 3. The molecule has 2 heterocycles. The van der Waals surface area contributed by atoms with E-state index in [-0.39, 0.29) is 6.54 Å². The van der Waals surface area contributed by atoms with Crippen LogP contribution in [0.3, 0.4) is 0 Å². The Kier molecular flexibility index (Phi) is 6.22. The summed E-state index contributed by atoms with van der Waals surface area (Å²) in [4.78, 5) is 4.44. The van der Waals surface area contributed by atoms with E-state index < -0.39 is 5.60 Å². The fourth-order valence-corrected chi connectivity index (χ4v) is 2.12. The van der Waals surface area contributed by atoms with E-state index >= 15 is 0 Å². The molecule has 2 aromatic heterocycles. The number of hydrogen-bond donors (Lipinski definition) is 3. The smallest absolute Gasteiger partial charge is 0.191 e. The molecule has 1 atom stereocenters. The van der Waals surface area contributed by atoms with Crippen LogP contribution in [0.5, 0.6) is 0 Å². The maximum Gasteiger partial charge on any atom is 0.191 e. The van der Waals surface area contributed by atoms with Crippen molar-refractivity contribution in [1.82, 2.24) is 20.4 Å². The molecule has 0 aliphatic carbocycles. The zero-order chi connectivity index (χ0) is 16.5. The quantitative estimate of drug-likeness (QED) is 0.388. The minimum Gasteiger partial charge on any atom is -0.466 e. The third-order valence-corrected chi connectivity index (χ3v) is 3.36. The zero-order valence-corrected chi connectivity index (χ0v) is 13.7. The monoisotopic (exact) mass is 319 g/mol. The Bertz CT molecular complexity index is 576.